The van der Waals surface area contributed by atoms with Crippen LogP contribution in [0.25, 0.3) is 11.3 Å². The number of carbonyl (C=O) groups excluding carboxylic acids is 2. The van der Waals surface area contributed by atoms with Crippen LogP contribution in [-0.2, 0) is 9.47 Å². The third-order valence-electron chi connectivity index (χ3n) is 3.33. The molecule has 1 heterocycles. The summed E-state index contributed by atoms with van der Waals surface area (Å²) in [5.74, 6) is -0.238. The van der Waals surface area contributed by atoms with Crippen LogP contribution in [-0.4, -0.2) is 54.0 Å². The Morgan fingerprint density at radius 1 is 1.07 bits per heavy atom. The number of benzene rings is 1. The quantitative estimate of drug-likeness (QED) is 0.583. The number of esters is 1. The Balaban J connectivity index is 2.45. The molecule has 0 unspecified atom stereocenters. The summed E-state index contributed by atoms with van der Waals surface area (Å²) < 4.78 is 26.0. The molecule has 1 N–H and O–H groups in total. The lowest BCUT2D eigenvalue weighted by atomic mass is 10.1. The Hall–Kier alpha value is -3.30. The fourth-order valence-electron chi connectivity index (χ4n) is 2.25. The Morgan fingerprint density at radius 2 is 1.68 bits per heavy atom. The number of carbonyl (C=O) groups is 2. The third kappa shape index (κ3) is 4.90. The van der Waals surface area contributed by atoms with E-state index in [0.29, 0.717) is 5.56 Å². The highest BCUT2D eigenvalue weighted by Crippen LogP contribution is 2.42. The van der Waals surface area contributed by atoms with Crippen molar-refractivity contribution in [1.82, 2.24) is 15.4 Å². The summed E-state index contributed by atoms with van der Waals surface area (Å²) in [7, 11) is 2.80. The molecule has 1 aromatic carbocycles. The van der Waals surface area contributed by atoms with Crippen molar-refractivity contribution in [2.45, 2.75) is 33.3 Å². The Morgan fingerprint density at radius 3 is 2.18 bits per heavy atom. The second-order valence-electron chi connectivity index (χ2n) is 6.52. The van der Waals surface area contributed by atoms with E-state index in [2.05, 4.69) is 15.4 Å². The molecule has 2 rings (SSSR count). The van der Waals surface area contributed by atoms with Gasteiger partial charge in [-0.05, 0) is 39.8 Å². The van der Waals surface area contributed by atoms with Gasteiger partial charge in [0.1, 0.15) is 11.3 Å². The van der Waals surface area contributed by atoms with Gasteiger partial charge in [0, 0.05) is 5.56 Å². The van der Waals surface area contributed by atoms with Crippen LogP contribution in [0.3, 0.4) is 0 Å². The van der Waals surface area contributed by atoms with Crippen LogP contribution in [0.1, 0.15) is 38.2 Å². The molecule has 0 radical (unpaired) electrons. The largest absolute Gasteiger partial charge is 0.514 e. The van der Waals surface area contributed by atoms with E-state index < -0.39 is 17.7 Å². The summed E-state index contributed by atoms with van der Waals surface area (Å²) in [6, 6.07) is 3.06. The van der Waals surface area contributed by atoms with Crippen LogP contribution in [0.15, 0.2) is 12.1 Å². The number of ether oxygens (including phenoxy) is 5. The van der Waals surface area contributed by atoms with E-state index in [0.717, 1.165) is 0 Å². The van der Waals surface area contributed by atoms with Gasteiger partial charge in [0.05, 0.1) is 20.8 Å². The lowest BCUT2D eigenvalue weighted by Gasteiger charge is -2.20. The predicted octanol–water partition coefficient (Wildman–Crippen LogP) is 2.98. The van der Waals surface area contributed by atoms with Crippen molar-refractivity contribution in [2.75, 3.05) is 20.8 Å². The number of nitrogens with one attached hydrogen (secondary N) is 1. The smallest absolute Gasteiger partial charge is 0.493 e. The second kappa shape index (κ2) is 8.59. The zero-order chi connectivity index (χ0) is 20.9. The van der Waals surface area contributed by atoms with Gasteiger partial charge >= 0.3 is 12.1 Å². The molecule has 0 amide bonds. The summed E-state index contributed by atoms with van der Waals surface area (Å²) in [6.07, 6.45) is -0.912. The zero-order valence-corrected chi connectivity index (χ0v) is 16.6. The number of hydrogen-bond donors (Lipinski definition) is 1. The van der Waals surface area contributed by atoms with Gasteiger partial charge in [-0.1, -0.05) is 0 Å². The average molecular weight is 393 g/mol. The van der Waals surface area contributed by atoms with E-state index in [-0.39, 0.29) is 35.2 Å². The van der Waals surface area contributed by atoms with Crippen LogP contribution in [0.4, 0.5) is 4.79 Å². The van der Waals surface area contributed by atoms with Gasteiger partial charge in [-0.25, -0.2) is 9.59 Å². The van der Waals surface area contributed by atoms with Crippen LogP contribution < -0.4 is 14.2 Å². The summed E-state index contributed by atoms with van der Waals surface area (Å²) in [5.41, 5.74) is -0.0418. The molecule has 0 aliphatic rings. The summed E-state index contributed by atoms with van der Waals surface area (Å²) in [6.45, 7) is 7.03. The fourth-order valence-corrected chi connectivity index (χ4v) is 2.25. The van der Waals surface area contributed by atoms with E-state index in [1.54, 1.807) is 27.7 Å². The topological polar surface area (TPSA) is 122 Å². The normalized spacial score (nSPS) is 10.9. The van der Waals surface area contributed by atoms with Gasteiger partial charge in [0.2, 0.25) is 5.75 Å². The van der Waals surface area contributed by atoms with Crippen LogP contribution in [0, 0.1) is 0 Å². The third-order valence-corrected chi connectivity index (χ3v) is 3.33. The zero-order valence-electron chi connectivity index (χ0n) is 16.6. The van der Waals surface area contributed by atoms with E-state index >= 15 is 0 Å². The molecular formula is C18H23N3O7. The number of nitrogens with zero attached hydrogens (tertiary/aromatic N) is 2. The van der Waals surface area contributed by atoms with Crippen molar-refractivity contribution < 1.29 is 33.3 Å². The monoisotopic (exact) mass is 393 g/mol. The summed E-state index contributed by atoms with van der Waals surface area (Å²) in [4.78, 5) is 24.1. The molecule has 0 aliphatic heterocycles. The van der Waals surface area contributed by atoms with Crippen LogP contribution >= 0.6 is 0 Å². The maximum atomic E-state index is 12.1. The van der Waals surface area contributed by atoms with E-state index in [4.69, 9.17) is 23.7 Å². The number of rotatable bonds is 6. The first-order chi connectivity index (χ1) is 13.2. The van der Waals surface area contributed by atoms with Gasteiger partial charge in [-0.2, -0.15) is 10.3 Å². The van der Waals surface area contributed by atoms with Crippen molar-refractivity contribution >= 4 is 12.1 Å². The SMILES string of the molecule is CCOC(=O)c1n[nH]nc1-c1cc(OC)c(OC(=O)OC(C)(C)C)c(OC)c1. The van der Waals surface area contributed by atoms with E-state index in [9.17, 15) is 9.59 Å². The minimum absolute atomic E-state index is 0.00627. The summed E-state index contributed by atoms with van der Waals surface area (Å²) >= 11 is 0. The summed E-state index contributed by atoms with van der Waals surface area (Å²) in [5, 5.41) is 10.2. The van der Waals surface area contributed by atoms with Crippen LogP contribution in [0.5, 0.6) is 17.2 Å². The molecule has 0 saturated carbocycles. The van der Waals surface area contributed by atoms with Gasteiger partial charge in [0.25, 0.3) is 0 Å². The molecule has 1 aromatic heterocycles. The fraction of sp³-hybridized carbons (Fsp3) is 0.444. The highest BCUT2D eigenvalue weighted by molar-refractivity contribution is 5.94. The predicted molar refractivity (Wildman–Crippen MR) is 97.7 cm³/mol. The Bertz CT molecular complexity index is 830. The first kappa shape index (κ1) is 21.0. The minimum Gasteiger partial charge on any atom is -0.493 e. The molecule has 0 atom stereocenters. The molecule has 0 saturated heterocycles. The molecule has 0 fully saturated rings. The van der Waals surface area contributed by atoms with Crippen molar-refractivity contribution in [2.24, 2.45) is 0 Å². The standard InChI is InChI=1S/C18H23N3O7/c1-7-26-16(22)14-13(19-21-20-14)10-8-11(24-5)15(12(9-10)25-6)27-17(23)28-18(2,3)4/h8-9H,7H2,1-6H3,(H,19,20,21). The first-order valence-electron chi connectivity index (χ1n) is 8.45. The average Bonchev–Trinajstić information content (AvgIpc) is 3.10. The van der Waals surface area contributed by atoms with Gasteiger partial charge in [-0.15, -0.1) is 5.10 Å². The molecule has 0 aliphatic carbocycles. The van der Waals surface area contributed by atoms with Crippen molar-refractivity contribution in [1.29, 1.82) is 0 Å². The maximum absolute atomic E-state index is 12.1. The molecule has 28 heavy (non-hydrogen) atoms. The highest BCUT2D eigenvalue weighted by atomic mass is 16.7. The highest BCUT2D eigenvalue weighted by Gasteiger charge is 2.25. The second-order valence-corrected chi connectivity index (χ2v) is 6.52. The van der Waals surface area contributed by atoms with Crippen molar-refractivity contribution in [3.8, 4) is 28.5 Å². The Kier molecular flexibility index (Phi) is 6.45. The van der Waals surface area contributed by atoms with E-state index in [1.807, 2.05) is 0 Å². The minimum atomic E-state index is -0.912. The Labute approximate surface area is 162 Å². The number of methoxy groups -OCH3 is 2. The van der Waals surface area contributed by atoms with Gasteiger partial charge in [0.15, 0.2) is 17.2 Å². The molecule has 10 nitrogen and oxygen atoms in total. The molecule has 2 aromatic rings. The van der Waals surface area contributed by atoms with Crippen molar-refractivity contribution in [3.05, 3.63) is 17.8 Å². The molecule has 152 valence electrons. The van der Waals surface area contributed by atoms with Crippen LogP contribution in [0.2, 0.25) is 0 Å². The first-order valence-corrected chi connectivity index (χ1v) is 8.45. The van der Waals surface area contributed by atoms with E-state index in [1.165, 1.54) is 26.4 Å². The lowest BCUT2D eigenvalue weighted by molar-refractivity contribution is 0.0195. The molecule has 10 heteroatoms. The maximum Gasteiger partial charge on any atom is 0.514 e. The number of H-pyrrole nitrogens is 1. The van der Waals surface area contributed by atoms with Gasteiger partial charge in [-0.3, -0.25) is 0 Å². The number of hydrogen-bond acceptors (Lipinski definition) is 9. The number of aromatic amines is 1. The molecule has 0 bridgehead atoms. The van der Waals surface area contributed by atoms with Crippen molar-refractivity contribution in [3.63, 3.8) is 0 Å². The number of aromatic nitrogens is 3. The van der Waals surface area contributed by atoms with Gasteiger partial charge < -0.3 is 23.7 Å². The lowest BCUT2D eigenvalue weighted by Crippen LogP contribution is -2.26. The molecular weight excluding hydrogens is 370 g/mol. The molecule has 0 spiro atoms.